The number of pyridine rings is 1. The first-order valence-corrected chi connectivity index (χ1v) is 11.7. The molecule has 0 saturated heterocycles. The maximum Gasteiger partial charge on any atom is 0.166 e. The van der Waals surface area contributed by atoms with Crippen LogP contribution in [0.15, 0.2) is 90.3 Å². The molecule has 6 nitrogen and oxygen atoms in total. The van der Waals surface area contributed by atoms with Crippen molar-refractivity contribution in [3.8, 4) is 28.1 Å². The number of hydrogen-bond acceptors (Lipinski definition) is 5. The fraction of sp³-hybridized carbons (Fsp3) is 0.0385. The Morgan fingerprint density at radius 3 is 2.60 bits per heavy atom. The molecule has 35 heavy (non-hydrogen) atoms. The van der Waals surface area contributed by atoms with E-state index in [4.69, 9.17) is 4.74 Å². The summed E-state index contributed by atoms with van der Waals surface area (Å²) in [5.74, 6) is -0.914. The quantitative estimate of drug-likeness (QED) is 0.328. The molecule has 174 valence electrons. The summed E-state index contributed by atoms with van der Waals surface area (Å²) < 4.78 is 49.3. The zero-order valence-electron chi connectivity index (χ0n) is 18.4. The smallest absolute Gasteiger partial charge is 0.166 e. The minimum absolute atomic E-state index is 0.143. The summed E-state index contributed by atoms with van der Waals surface area (Å²) >= 11 is 0. The molecule has 0 aliphatic rings. The van der Waals surface area contributed by atoms with Crippen LogP contribution in [0.3, 0.4) is 0 Å². The molecule has 2 aromatic heterocycles. The van der Waals surface area contributed by atoms with Gasteiger partial charge in [0.25, 0.3) is 0 Å². The van der Waals surface area contributed by atoms with Crippen LogP contribution < -0.4 is 9.46 Å². The van der Waals surface area contributed by atoms with E-state index in [0.717, 1.165) is 16.8 Å². The van der Waals surface area contributed by atoms with Crippen molar-refractivity contribution < 1.29 is 17.7 Å². The van der Waals surface area contributed by atoms with Crippen molar-refractivity contribution in [2.45, 2.75) is 4.90 Å². The summed E-state index contributed by atoms with van der Waals surface area (Å²) in [5, 5.41) is 1.64. The Morgan fingerprint density at radius 2 is 1.80 bits per heavy atom. The molecule has 1 unspecified atom stereocenters. The first-order chi connectivity index (χ1) is 17.0. The molecular formula is C26H18F2N4O2S. The highest BCUT2D eigenvalue weighted by molar-refractivity contribution is 7.86. The van der Waals surface area contributed by atoms with E-state index in [1.165, 1.54) is 25.6 Å². The molecule has 1 atom stereocenters. The normalized spacial score (nSPS) is 11.9. The Morgan fingerprint density at radius 1 is 0.914 bits per heavy atom. The van der Waals surface area contributed by atoms with Crippen molar-refractivity contribution in [2.24, 2.45) is 0 Å². The Balaban J connectivity index is 1.53. The van der Waals surface area contributed by atoms with E-state index >= 15 is 0 Å². The van der Waals surface area contributed by atoms with Gasteiger partial charge in [-0.15, -0.1) is 0 Å². The largest absolute Gasteiger partial charge is 0.496 e. The fourth-order valence-electron chi connectivity index (χ4n) is 3.77. The van der Waals surface area contributed by atoms with Gasteiger partial charge >= 0.3 is 0 Å². The summed E-state index contributed by atoms with van der Waals surface area (Å²) in [7, 11) is -0.0179. The molecule has 9 heteroatoms. The third-order valence-electron chi connectivity index (χ3n) is 5.45. The Bertz CT molecular complexity index is 1560. The van der Waals surface area contributed by atoms with Crippen LogP contribution in [0.25, 0.3) is 33.2 Å². The number of ether oxygens (including phenoxy) is 1. The molecule has 0 fully saturated rings. The monoisotopic (exact) mass is 488 g/mol. The molecule has 0 bridgehead atoms. The van der Waals surface area contributed by atoms with Gasteiger partial charge in [-0.3, -0.25) is 9.71 Å². The lowest BCUT2D eigenvalue weighted by molar-refractivity contribution is 0.416. The van der Waals surface area contributed by atoms with Gasteiger partial charge in [0, 0.05) is 28.9 Å². The van der Waals surface area contributed by atoms with Crippen LogP contribution in [-0.4, -0.2) is 26.3 Å². The van der Waals surface area contributed by atoms with Gasteiger partial charge in [0.05, 0.1) is 17.7 Å². The molecule has 3 aromatic carbocycles. The molecule has 0 spiro atoms. The number of anilines is 1. The molecule has 0 saturated carbocycles. The Kier molecular flexibility index (Phi) is 6.15. The number of nitrogens with one attached hydrogen (secondary N) is 1. The first-order valence-electron chi connectivity index (χ1n) is 10.5. The summed E-state index contributed by atoms with van der Waals surface area (Å²) in [6, 6.07) is 18.0. The molecular weight excluding hydrogens is 470 g/mol. The van der Waals surface area contributed by atoms with Crippen molar-refractivity contribution in [3.63, 3.8) is 0 Å². The van der Waals surface area contributed by atoms with E-state index in [-0.39, 0.29) is 5.56 Å². The molecule has 0 aliphatic heterocycles. The predicted molar refractivity (Wildman–Crippen MR) is 131 cm³/mol. The van der Waals surface area contributed by atoms with Gasteiger partial charge in [-0.1, -0.05) is 24.3 Å². The molecule has 5 rings (SSSR count). The first kappa shape index (κ1) is 22.5. The van der Waals surface area contributed by atoms with Crippen LogP contribution in [0.4, 0.5) is 14.6 Å². The van der Waals surface area contributed by atoms with Gasteiger partial charge in [-0.25, -0.2) is 23.0 Å². The summed E-state index contributed by atoms with van der Waals surface area (Å²) in [6.07, 6.45) is 4.59. The average molecular weight is 489 g/mol. The van der Waals surface area contributed by atoms with Crippen LogP contribution in [-0.2, 0) is 11.0 Å². The minimum Gasteiger partial charge on any atom is -0.496 e. The summed E-state index contributed by atoms with van der Waals surface area (Å²) in [5.41, 5.74) is 1.96. The lowest BCUT2D eigenvalue weighted by Crippen LogP contribution is -2.06. The molecule has 2 heterocycles. The lowest BCUT2D eigenvalue weighted by atomic mass is 9.98. The number of methoxy groups -OCH3 is 1. The van der Waals surface area contributed by atoms with E-state index in [9.17, 15) is 13.0 Å². The highest BCUT2D eigenvalue weighted by Crippen LogP contribution is 2.37. The number of halogens is 2. The lowest BCUT2D eigenvalue weighted by Gasteiger charge is -2.13. The van der Waals surface area contributed by atoms with Crippen LogP contribution >= 0.6 is 0 Å². The molecule has 1 N–H and O–H groups in total. The molecule has 0 amide bonds. The van der Waals surface area contributed by atoms with Gasteiger partial charge < -0.3 is 4.74 Å². The number of fused-ring (bicyclic) bond motifs is 1. The van der Waals surface area contributed by atoms with Crippen LogP contribution in [0.5, 0.6) is 5.75 Å². The van der Waals surface area contributed by atoms with Gasteiger partial charge in [0.2, 0.25) is 0 Å². The maximum atomic E-state index is 14.3. The highest BCUT2D eigenvalue weighted by atomic mass is 32.2. The van der Waals surface area contributed by atoms with E-state index in [1.807, 2.05) is 18.2 Å². The van der Waals surface area contributed by atoms with Crippen molar-refractivity contribution in [1.82, 2.24) is 15.0 Å². The number of benzene rings is 3. The van der Waals surface area contributed by atoms with Crippen molar-refractivity contribution in [3.05, 3.63) is 97.1 Å². The summed E-state index contributed by atoms with van der Waals surface area (Å²) in [6.45, 7) is 0. The minimum atomic E-state index is -1.53. The number of aromatic nitrogens is 3. The maximum absolute atomic E-state index is 14.3. The van der Waals surface area contributed by atoms with Gasteiger partial charge in [-0.05, 0) is 53.4 Å². The standard InChI is InChI=1S/C26H18F2N4O2S/c1-34-23-14-16(19-3-2-4-22(27)25(19)28)5-7-21(23)26-20-8-6-18(13-17(20)9-12-30-26)35(33)32-24-10-11-29-15-31-24/h2-15H,1H3,(H,29,31,32). The van der Waals surface area contributed by atoms with E-state index in [1.54, 1.807) is 42.7 Å². The molecule has 0 aliphatic carbocycles. The van der Waals surface area contributed by atoms with Gasteiger partial charge in [-0.2, -0.15) is 0 Å². The fourth-order valence-corrected chi connectivity index (χ4v) is 4.63. The summed E-state index contributed by atoms with van der Waals surface area (Å²) in [4.78, 5) is 13.0. The second kappa shape index (κ2) is 9.55. The van der Waals surface area contributed by atoms with Crippen molar-refractivity contribution >= 4 is 27.6 Å². The van der Waals surface area contributed by atoms with Crippen LogP contribution in [0.1, 0.15) is 0 Å². The van der Waals surface area contributed by atoms with Crippen LogP contribution in [0.2, 0.25) is 0 Å². The zero-order chi connectivity index (χ0) is 24.4. The predicted octanol–water partition coefficient (Wildman–Crippen LogP) is 5.78. The van der Waals surface area contributed by atoms with Gasteiger partial charge in [0.15, 0.2) is 22.6 Å². The Hall–Kier alpha value is -4.24. The second-order valence-corrected chi connectivity index (χ2v) is 8.74. The van der Waals surface area contributed by atoms with E-state index in [2.05, 4.69) is 19.7 Å². The highest BCUT2D eigenvalue weighted by Gasteiger charge is 2.16. The number of hydrogen-bond donors (Lipinski definition) is 1. The number of rotatable bonds is 6. The Labute approximate surface area is 202 Å². The van der Waals surface area contributed by atoms with Crippen LogP contribution in [0, 0.1) is 11.6 Å². The van der Waals surface area contributed by atoms with E-state index in [0.29, 0.717) is 33.3 Å². The topological polar surface area (TPSA) is 77.0 Å². The zero-order valence-corrected chi connectivity index (χ0v) is 19.2. The van der Waals surface area contributed by atoms with Crippen molar-refractivity contribution in [2.75, 3.05) is 11.8 Å². The van der Waals surface area contributed by atoms with E-state index < -0.39 is 22.6 Å². The third kappa shape index (κ3) is 4.45. The SMILES string of the molecule is COc1cc(-c2cccc(F)c2F)ccc1-c1nccc2cc(S(=O)Nc3ccncn3)ccc12. The number of nitrogens with zero attached hydrogens (tertiary/aromatic N) is 3. The third-order valence-corrected chi connectivity index (χ3v) is 6.53. The molecule has 5 aromatic rings. The van der Waals surface area contributed by atoms with Crippen molar-refractivity contribution in [1.29, 1.82) is 0 Å². The molecule has 0 radical (unpaired) electrons. The second-order valence-electron chi connectivity index (χ2n) is 7.52. The van der Waals surface area contributed by atoms with Gasteiger partial charge in [0.1, 0.15) is 17.9 Å². The average Bonchev–Trinajstić information content (AvgIpc) is 2.90.